The number of benzene rings is 2. The summed E-state index contributed by atoms with van der Waals surface area (Å²) in [5, 5.41) is 0.149. The number of carbonyl (C=O) groups excluding carboxylic acids is 2. The highest BCUT2D eigenvalue weighted by molar-refractivity contribution is 6.65. The predicted octanol–water partition coefficient (Wildman–Crippen LogP) is 6.78. The summed E-state index contributed by atoms with van der Waals surface area (Å²) in [5.74, 6) is 1.28. The molecule has 0 bridgehead atoms. The number of hydrogen-bond donors (Lipinski definition) is 0. The van der Waals surface area contributed by atoms with E-state index >= 15 is 0 Å². The third-order valence-electron chi connectivity index (χ3n) is 4.64. The van der Waals surface area contributed by atoms with E-state index in [1.165, 1.54) is 0 Å². The Morgan fingerprint density at radius 1 is 0.667 bits per heavy atom. The van der Waals surface area contributed by atoms with Crippen molar-refractivity contribution in [2.75, 3.05) is 14.2 Å². The largest absolute Gasteiger partial charge is 0.497 e. The molecule has 164 valence electrons. The van der Waals surface area contributed by atoms with E-state index in [2.05, 4.69) is 0 Å². The molecule has 0 aromatic heterocycles. The summed E-state index contributed by atoms with van der Waals surface area (Å²) in [7, 11) is 3.13. The Morgan fingerprint density at radius 2 is 1.00 bits per heavy atom. The SMILES string of the molecule is CC(C)(C(=O)Cl)c1cc(Cl)cc(Cl)c1.COc1cc(OC)cc(C(C)(C)C(=O)Cl)c1. The molecule has 4 nitrogen and oxygen atoms in total. The number of rotatable bonds is 6. The first-order valence-corrected chi connectivity index (χ1v) is 10.4. The van der Waals surface area contributed by atoms with Crippen molar-refractivity contribution in [2.24, 2.45) is 0 Å². The van der Waals surface area contributed by atoms with Gasteiger partial charge in [-0.05, 0) is 92.4 Å². The van der Waals surface area contributed by atoms with E-state index in [9.17, 15) is 9.59 Å². The molecule has 0 aliphatic carbocycles. The lowest BCUT2D eigenvalue weighted by Gasteiger charge is -2.21. The molecule has 0 saturated carbocycles. The molecule has 2 rings (SSSR count). The van der Waals surface area contributed by atoms with Gasteiger partial charge in [-0.15, -0.1) is 0 Å². The molecule has 0 N–H and O–H groups in total. The van der Waals surface area contributed by atoms with Crippen molar-refractivity contribution in [1.82, 2.24) is 0 Å². The first-order chi connectivity index (χ1) is 13.7. The summed E-state index contributed by atoms with van der Waals surface area (Å²) in [6.07, 6.45) is 0. The lowest BCUT2D eigenvalue weighted by molar-refractivity contribution is -0.116. The van der Waals surface area contributed by atoms with Crippen LogP contribution < -0.4 is 9.47 Å². The van der Waals surface area contributed by atoms with E-state index in [-0.39, 0.29) is 0 Å². The molecule has 0 heterocycles. The maximum absolute atomic E-state index is 11.3. The molecule has 0 saturated heterocycles. The third-order valence-corrected chi connectivity index (χ3v) is 6.02. The first-order valence-electron chi connectivity index (χ1n) is 8.85. The van der Waals surface area contributed by atoms with Crippen LogP contribution in [0.1, 0.15) is 38.8 Å². The summed E-state index contributed by atoms with van der Waals surface area (Å²) in [6, 6.07) is 10.3. The zero-order valence-electron chi connectivity index (χ0n) is 17.6. The molecule has 2 aromatic carbocycles. The van der Waals surface area contributed by atoms with E-state index in [0.29, 0.717) is 21.5 Å². The van der Waals surface area contributed by atoms with Gasteiger partial charge in [-0.1, -0.05) is 23.2 Å². The fourth-order valence-corrected chi connectivity index (χ4v) is 3.05. The van der Waals surface area contributed by atoms with Crippen LogP contribution in [-0.2, 0) is 20.4 Å². The fourth-order valence-electron chi connectivity index (χ4n) is 2.31. The number of methoxy groups -OCH3 is 2. The topological polar surface area (TPSA) is 52.6 Å². The number of hydrogen-bond acceptors (Lipinski definition) is 4. The fraction of sp³-hybridized carbons (Fsp3) is 0.364. The van der Waals surface area contributed by atoms with Gasteiger partial charge in [-0.3, -0.25) is 9.59 Å². The van der Waals surface area contributed by atoms with E-state index in [1.54, 1.807) is 78.3 Å². The highest BCUT2D eigenvalue weighted by atomic mass is 35.5. The van der Waals surface area contributed by atoms with Crippen LogP contribution in [-0.4, -0.2) is 24.7 Å². The third kappa shape index (κ3) is 6.78. The molecule has 0 aliphatic rings. The van der Waals surface area contributed by atoms with Gasteiger partial charge in [0, 0.05) is 16.1 Å². The van der Waals surface area contributed by atoms with Crippen LogP contribution in [0.25, 0.3) is 0 Å². The standard InChI is InChI=1S/C12H15ClO3.C10H9Cl3O/c1-12(2,11(13)14)8-5-9(15-3)7-10(6-8)16-4;1-10(2,9(13)14)6-3-7(11)5-8(12)4-6/h5-7H,1-4H3;3-5H,1-2H3. The van der Waals surface area contributed by atoms with Crippen LogP contribution in [0.2, 0.25) is 10.0 Å². The van der Waals surface area contributed by atoms with Gasteiger partial charge in [0.25, 0.3) is 0 Å². The molecular formula is C22H24Cl4O4. The average Bonchev–Trinajstić information content (AvgIpc) is 2.66. The van der Waals surface area contributed by atoms with Crippen molar-refractivity contribution in [3.63, 3.8) is 0 Å². The average molecular weight is 494 g/mol. The van der Waals surface area contributed by atoms with Crippen molar-refractivity contribution < 1.29 is 19.1 Å². The Balaban J connectivity index is 0.000000303. The molecular weight excluding hydrogens is 470 g/mol. The molecule has 0 radical (unpaired) electrons. The van der Waals surface area contributed by atoms with E-state index in [4.69, 9.17) is 55.9 Å². The Labute approximate surface area is 197 Å². The molecule has 0 atom stereocenters. The Kier molecular flexibility index (Phi) is 9.50. The van der Waals surface area contributed by atoms with E-state index in [1.807, 2.05) is 0 Å². The second-order valence-corrected chi connectivity index (χ2v) is 9.12. The van der Waals surface area contributed by atoms with Gasteiger partial charge in [0.15, 0.2) is 0 Å². The number of ether oxygens (including phenoxy) is 2. The van der Waals surface area contributed by atoms with Gasteiger partial charge < -0.3 is 9.47 Å². The molecule has 0 fully saturated rings. The Bertz CT molecular complexity index is 881. The zero-order chi connectivity index (χ0) is 23.3. The minimum Gasteiger partial charge on any atom is -0.497 e. The molecule has 0 amide bonds. The lowest BCUT2D eigenvalue weighted by Crippen LogP contribution is -2.24. The van der Waals surface area contributed by atoms with Crippen molar-refractivity contribution in [3.8, 4) is 11.5 Å². The molecule has 8 heteroatoms. The summed E-state index contributed by atoms with van der Waals surface area (Å²) in [5.41, 5.74) is -0.0434. The highest BCUT2D eigenvalue weighted by Crippen LogP contribution is 2.33. The van der Waals surface area contributed by atoms with Crippen molar-refractivity contribution in [2.45, 2.75) is 38.5 Å². The van der Waals surface area contributed by atoms with Crippen LogP contribution in [0.3, 0.4) is 0 Å². The van der Waals surface area contributed by atoms with Gasteiger partial charge in [-0.25, -0.2) is 0 Å². The Hall–Kier alpha value is -1.46. The van der Waals surface area contributed by atoms with Crippen molar-refractivity contribution in [1.29, 1.82) is 0 Å². The van der Waals surface area contributed by atoms with Gasteiger partial charge in [0.1, 0.15) is 11.5 Å². The second-order valence-electron chi connectivity index (χ2n) is 7.56. The summed E-state index contributed by atoms with van der Waals surface area (Å²) in [6.45, 7) is 6.97. The quantitative estimate of drug-likeness (QED) is 0.416. The summed E-state index contributed by atoms with van der Waals surface area (Å²) in [4.78, 5) is 22.5. The lowest BCUT2D eigenvalue weighted by atomic mass is 9.86. The van der Waals surface area contributed by atoms with E-state index < -0.39 is 21.3 Å². The molecule has 0 unspecified atom stereocenters. The normalized spacial score (nSPS) is 11.3. The number of halogens is 4. The van der Waals surface area contributed by atoms with Gasteiger partial charge >= 0.3 is 0 Å². The molecule has 30 heavy (non-hydrogen) atoms. The molecule has 0 aliphatic heterocycles. The van der Waals surface area contributed by atoms with Gasteiger partial charge in [0.05, 0.1) is 25.0 Å². The maximum atomic E-state index is 11.3. The summed E-state index contributed by atoms with van der Waals surface area (Å²) >= 11 is 22.7. The van der Waals surface area contributed by atoms with Crippen LogP contribution >= 0.6 is 46.4 Å². The summed E-state index contributed by atoms with van der Waals surface area (Å²) < 4.78 is 10.3. The highest BCUT2D eigenvalue weighted by Gasteiger charge is 2.29. The van der Waals surface area contributed by atoms with Crippen LogP contribution in [0.15, 0.2) is 36.4 Å². The molecule has 2 aromatic rings. The Morgan fingerprint density at radius 3 is 1.30 bits per heavy atom. The molecule has 0 spiro atoms. The second kappa shape index (κ2) is 10.7. The number of carbonyl (C=O) groups is 2. The monoisotopic (exact) mass is 492 g/mol. The van der Waals surface area contributed by atoms with Crippen LogP contribution in [0.5, 0.6) is 11.5 Å². The zero-order valence-corrected chi connectivity index (χ0v) is 20.6. The smallest absolute Gasteiger partial charge is 0.231 e. The predicted molar refractivity (Wildman–Crippen MR) is 124 cm³/mol. The maximum Gasteiger partial charge on any atom is 0.231 e. The first kappa shape index (κ1) is 26.6. The minimum atomic E-state index is -0.768. The van der Waals surface area contributed by atoms with Crippen LogP contribution in [0.4, 0.5) is 0 Å². The van der Waals surface area contributed by atoms with E-state index in [0.717, 1.165) is 11.1 Å². The van der Waals surface area contributed by atoms with Gasteiger partial charge in [-0.2, -0.15) is 0 Å². The minimum absolute atomic E-state index is 0.414. The van der Waals surface area contributed by atoms with Gasteiger partial charge in [0.2, 0.25) is 10.5 Å². The van der Waals surface area contributed by atoms with Crippen molar-refractivity contribution in [3.05, 3.63) is 57.6 Å². The van der Waals surface area contributed by atoms with Crippen LogP contribution in [0, 0.1) is 0 Å². The van der Waals surface area contributed by atoms with Crippen molar-refractivity contribution >= 4 is 56.9 Å².